The Labute approximate surface area is 136 Å². The van der Waals surface area contributed by atoms with Crippen molar-refractivity contribution in [3.63, 3.8) is 0 Å². The number of hydrogen-bond acceptors (Lipinski definition) is 3. The highest BCUT2D eigenvalue weighted by Gasteiger charge is 2.15. The number of benzene rings is 2. The highest BCUT2D eigenvalue weighted by Crippen LogP contribution is 2.28. The minimum absolute atomic E-state index is 0.0155. The quantitative estimate of drug-likeness (QED) is 0.829. The normalized spacial score (nSPS) is 11.8. The fourth-order valence-electron chi connectivity index (χ4n) is 2.12. The van der Waals surface area contributed by atoms with Crippen molar-refractivity contribution in [2.75, 3.05) is 12.4 Å². The molecule has 0 aliphatic heterocycles. The maximum atomic E-state index is 12.3. The Morgan fingerprint density at radius 1 is 1.18 bits per heavy atom. The molecular weight excluding hydrogens is 294 g/mol. The van der Waals surface area contributed by atoms with Crippen LogP contribution >= 0.6 is 11.8 Å². The molecule has 0 aromatic heterocycles. The van der Waals surface area contributed by atoms with E-state index in [2.05, 4.69) is 37.4 Å². The standard InChI is InChI=1S/C18H21NO2S/c1-12-8-9-17(13(2)10-12)22-14(3)18(20)19-15-6-5-7-16(11-15)21-4/h5-11,14H,1-4H3,(H,19,20)/t14-/m1/s1. The predicted molar refractivity (Wildman–Crippen MR) is 92.9 cm³/mol. The minimum atomic E-state index is -0.174. The van der Waals surface area contributed by atoms with Crippen molar-refractivity contribution in [3.8, 4) is 5.75 Å². The Kier molecular flexibility index (Phi) is 5.50. The molecule has 3 nitrogen and oxygen atoms in total. The number of carbonyl (C=O) groups is 1. The van der Waals surface area contributed by atoms with Crippen LogP contribution in [0.4, 0.5) is 5.69 Å². The first-order valence-electron chi connectivity index (χ1n) is 7.18. The van der Waals surface area contributed by atoms with E-state index >= 15 is 0 Å². The monoisotopic (exact) mass is 315 g/mol. The third-order valence-electron chi connectivity index (χ3n) is 3.34. The average molecular weight is 315 g/mol. The van der Waals surface area contributed by atoms with Crippen LogP contribution in [0, 0.1) is 13.8 Å². The summed E-state index contributed by atoms with van der Waals surface area (Å²) in [5, 5.41) is 2.75. The van der Waals surface area contributed by atoms with Crippen molar-refractivity contribution in [1.82, 2.24) is 0 Å². The smallest absolute Gasteiger partial charge is 0.237 e. The molecule has 0 spiro atoms. The molecular formula is C18H21NO2S. The Balaban J connectivity index is 2.02. The molecule has 2 rings (SSSR count). The van der Waals surface area contributed by atoms with E-state index in [1.165, 1.54) is 11.1 Å². The molecule has 0 saturated carbocycles. The van der Waals surface area contributed by atoms with E-state index in [4.69, 9.17) is 4.74 Å². The molecule has 0 bridgehead atoms. The molecule has 0 aliphatic carbocycles. The van der Waals surface area contributed by atoms with Crippen LogP contribution in [-0.4, -0.2) is 18.3 Å². The summed E-state index contributed by atoms with van der Waals surface area (Å²) < 4.78 is 5.16. The zero-order chi connectivity index (χ0) is 16.1. The molecule has 0 fully saturated rings. The summed E-state index contributed by atoms with van der Waals surface area (Å²) in [6.07, 6.45) is 0. The lowest BCUT2D eigenvalue weighted by molar-refractivity contribution is -0.115. The van der Waals surface area contributed by atoms with Gasteiger partial charge in [0.2, 0.25) is 5.91 Å². The minimum Gasteiger partial charge on any atom is -0.497 e. The molecule has 0 heterocycles. The van der Waals surface area contributed by atoms with Gasteiger partial charge in [-0.05, 0) is 44.5 Å². The number of hydrogen-bond donors (Lipinski definition) is 1. The number of aryl methyl sites for hydroxylation is 2. The predicted octanol–water partition coefficient (Wildman–Crippen LogP) is 4.43. The van der Waals surface area contributed by atoms with Gasteiger partial charge in [-0.15, -0.1) is 11.8 Å². The second-order valence-corrected chi connectivity index (χ2v) is 6.63. The second kappa shape index (κ2) is 7.36. The zero-order valence-corrected chi connectivity index (χ0v) is 14.2. The summed E-state index contributed by atoms with van der Waals surface area (Å²) in [4.78, 5) is 13.5. The van der Waals surface area contributed by atoms with E-state index in [0.29, 0.717) is 0 Å². The van der Waals surface area contributed by atoms with Crippen molar-refractivity contribution >= 4 is 23.4 Å². The number of ether oxygens (including phenoxy) is 1. The fraction of sp³-hybridized carbons (Fsp3) is 0.278. The number of thioether (sulfide) groups is 1. The molecule has 116 valence electrons. The summed E-state index contributed by atoms with van der Waals surface area (Å²) >= 11 is 1.57. The number of carbonyl (C=O) groups excluding carboxylic acids is 1. The fourth-order valence-corrected chi connectivity index (χ4v) is 3.06. The molecule has 0 unspecified atom stereocenters. The summed E-state index contributed by atoms with van der Waals surface area (Å²) in [5.41, 5.74) is 3.18. The van der Waals surface area contributed by atoms with Gasteiger partial charge in [-0.25, -0.2) is 0 Å². The van der Waals surface area contributed by atoms with Crippen molar-refractivity contribution < 1.29 is 9.53 Å². The van der Waals surface area contributed by atoms with Crippen molar-refractivity contribution in [2.45, 2.75) is 30.9 Å². The number of amides is 1. The molecule has 0 radical (unpaired) electrons. The Hall–Kier alpha value is -1.94. The SMILES string of the molecule is COc1cccc(NC(=O)[C@@H](C)Sc2ccc(C)cc2C)c1. The third-order valence-corrected chi connectivity index (χ3v) is 4.62. The van der Waals surface area contributed by atoms with Crippen LogP contribution in [0.5, 0.6) is 5.75 Å². The molecule has 22 heavy (non-hydrogen) atoms. The van der Waals surface area contributed by atoms with E-state index < -0.39 is 0 Å². The van der Waals surface area contributed by atoms with Gasteiger partial charge >= 0.3 is 0 Å². The molecule has 2 aromatic rings. The summed E-state index contributed by atoms with van der Waals surface area (Å²) in [5.74, 6) is 0.714. The van der Waals surface area contributed by atoms with Crippen molar-refractivity contribution in [1.29, 1.82) is 0 Å². The van der Waals surface area contributed by atoms with Gasteiger partial charge in [0.15, 0.2) is 0 Å². The largest absolute Gasteiger partial charge is 0.497 e. The van der Waals surface area contributed by atoms with Gasteiger partial charge in [0.05, 0.1) is 12.4 Å². The number of methoxy groups -OCH3 is 1. The number of rotatable bonds is 5. The van der Waals surface area contributed by atoms with E-state index in [0.717, 1.165) is 16.3 Å². The highest BCUT2D eigenvalue weighted by atomic mass is 32.2. The van der Waals surface area contributed by atoms with E-state index in [1.807, 2.05) is 31.2 Å². The van der Waals surface area contributed by atoms with E-state index in [-0.39, 0.29) is 11.2 Å². The van der Waals surface area contributed by atoms with Gasteiger partial charge in [0.25, 0.3) is 0 Å². The van der Waals surface area contributed by atoms with Gasteiger partial charge in [-0.3, -0.25) is 4.79 Å². The maximum Gasteiger partial charge on any atom is 0.237 e. The van der Waals surface area contributed by atoms with Crippen LogP contribution in [-0.2, 0) is 4.79 Å². The maximum absolute atomic E-state index is 12.3. The molecule has 2 aromatic carbocycles. The summed E-state index contributed by atoms with van der Waals surface area (Å²) in [6.45, 7) is 6.06. The molecule has 1 atom stereocenters. The first-order valence-corrected chi connectivity index (χ1v) is 8.06. The average Bonchev–Trinajstić information content (AvgIpc) is 2.50. The summed E-state index contributed by atoms with van der Waals surface area (Å²) in [7, 11) is 1.61. The van der Waals surface area contributed by atoms with E-state index in [9.17, 15) is 4.79 Å². The lowest BCUT2D eigenvalue weighted by Crippen LogP contribution is -2.22. The molecule has 0 aliphatic rings. The zero-order valence-electron chi connectivity index (χ0n) is 13.3. The van der Waals surface area contributed by atoms with Crippen LogP contribution in [0.15, 0.2) is 47.4 Å². The van der Waals surface area contributed by atoms with Gasteiger partial charge in [-0.1, -0.05) is 23.8 Å². The Morgan fingerprint density at radius 3 is 2.64 bits per heavy atom. The number of nitrogens with one attached hydrogen (secondary N) is 1. The summed E-state index contributed by atoms with van der Waals surface area (Å²) in [6, 6.07) is 13.7. The second-order valence-electron chi connectivity index (χ2n) is 5.25. The lowest BCUT2D eigenvalue weighted by atomic mass is 10.2. The van der Waals surface area contributed by atoms with Crippen LogP contribution in [0.3, 0.4) is 0 Å². The van der Waals surface area contributed by atoms with Gasteiger partial charge in [0.1, 0.15) is 5.75 Å². The van der Waals surface area contributed by atoms with Crippen LogP contribution in [0.2, 0.25) is 0 Å². The third kappa shape index (κ3) is 4.28. The van der Waals surface area contributed by atoms with Gasteiger partial charge in [-0.2, -0.15) is 0 Å². The van der Waals surface area contributed by atoms with Crippen molar-refractivity contribution in [2.24, 2.45) is 0 Å². The molecule has 1 N–H and O–H groups in total. The molecule has 0 saturated heterocycles. The Bertz CT molecular complexity index is 670. The lowest BCUT2D eigenvalue weighted by Gasteiger charge is -2.14. The highest BCUT2D eigenvalue weighted by molar-refractivity contribution is 8.00. The first kappa shape index (κ1) is 16.4. The molecule has 1 amide bonds. The molecule has 4 heteroatoms. The van der Waals surface area contributed by atoms with Crippen LogP contribution in [0.1, 0.15) is 18.1 Å². The van der Waals surface area contributed by atoms with Gasteiger partial charge < -0.3 is 10.1 Å². The van der Waals surface area contributed by atoms with E-state index in [1.54, 1.807) is 18.9 Å². The topological polar surface area (TPSA) is 38.3 Å². The first-order chi connectivity index (χ1) is 10.5. The van der Waals surface area contributed by atoms with Crippen molar-refractivity contribution in [3.05, 3.63) is 53.6 Å². The number of anilines is 1. The van der Waals surface area contributed by atoms with Gasteiger partial charge in [0, 0.05) is 16.6 Å². The van der Waals surface area contributed by atoms with Crippen LogP contribution < -0.4 is 10.1 Å². The Morgan fingerprint density at radius 2 is 1.95 bits per heavy atom. The van der Waals surface area contributed by atoms with Crippen LogP contribution in [0.25, 0.3) is 0 Å².